The van der Waals surface area contributed by atoms with E-state index in [1.165, 1.54) is 6.42 Å². The number of Topliss-reactive ketones (excluding diaryl/α,β-unsaturated/α-hetero) is 1. The molecule has 0 radical (unpaired) electrons. The van der Waals surface area contributed by atoms with Gasteiger partial charge in [-0.1, -0.05) is 30.9 Å². The van der Waals surface area contributed by atoms with Crippen molar-refractivity contribution in [3.05, 3.63) is 28.9 Å². The van der Waals surface area contributed by atoms with Gasteiger partial charge in [-0.05, 0) is 56.1 Å². The number of amides is 2. The fourth-order valence-electron chi connectivity index (χ4n) is 6.56. The van der Waals surface area contributed by atoms with Gasteiger partial charge in [-0.25, -0.2) is 0 Å². The predicted octanol–water partition coefficient (Wildman–Crippen LogP) is 4.76. The van der Waals surface area contributed by atoms with E-state index in [4.69, 9.17) is 16.3 Å². The van der Waals surface area contributed by atoms with Gasteiger partial charge in [0.1, 0.15) is 29.3 Å². The number of aromatic nitrogens is 1. The number of benzene rings is 1. The van der Waals surface area contributed by atoms with Crippen LogP contribution in [-0.2, 0) is 9.59 Å². The Bertz CT molecular complexity index is 1260. The van der Waals surface area contributed by atoms with Gasteiger partial charge in [-0.15, -0.1) is 0 Å². The molecule has 2 N–H and O–H groups in total. The number of likely N-dealkylation sites (tertiary alicyclic amines) is 1. The molecule has 3 atom stereocenters. The van der Waals surface area contributed by atoms with Crippen LogP contribution < -0.4 is 10.1 Å². The van der Waals surface area contributed by atoms with Crippen molar-refractivity contribution in [2.45, 2.75) is 76.3 Å². The third kappa shape index (κ3) is 5.06. The summed E-state index contributed by atoms with van der Waals surface area (Å²) in [5.41, 5.74) is 0.917. The SMILES string of the molecule is COc1cc(Cl)c2[nH]c(C(=O)N3CC4(CCCCC4)CC3C(=O)NC(C#N)CC3CCCC3=O)cc2c1. The normalized spacial score (nSPS) is 23.8. The largest absolute Gasteiger partial charge is 0.497 e. The van der Waals surface area contributed by atoms with E-state index >= 15 is 0 Å². The number of methoxy groups -OCH3 is 1. The Hall–Kier alpha value is -3.05. The van der Waals surface area contributed by atoms with Crippen LogP contribution in [0.25, 0.3) is 10.9 Å². The van der Waals surface area contributed by atoms with E-state index in [0.717, 1.165) is 43.9 Å². The molecular weight excluding hydrogens is 492 g/mol. The summed E-state index contributed by atoms with van der Waals surface area (Å²) in [6, 6.07) is 5.99. The van der Waals surface area contributed by atoms with Crippen molar-refractivity contribution in [3.63, 3.8) is 0 Å². The molecule has 3 aliphatic rings. The zero-order valence-corrected chi connectivity index (χ0v) is 21.9. The maximum absolute atomic E-state index is 13.8. The fraction of sp³-hybridized carbons (Fsp3) is 0.571. The highest BCUT2D eigenvalue weighted by Gasteiger charge is 2.49. The Balaban J connectivity index is 1.39. The van der Waals surface area contributed by atoms with Crippen molar-refractivity contribution in [2.24, 2.45) is 11.3 Å². The molecule has 2 saturated carbocycles. The first kappa shape index (κ1) is 25.6. The highest BCUT2D eigenvalue weighted by Crippen LogP contribution is 2.47. The van der Waals surface area contributed by atoms with E-state index in [1.54, 1.807) is 24.1 Å². The van der Waals surface area contributed by atoms with Gasteiger partial charge in [0.05, 0.1) is 23.7 Å². The van der Waals surface area contributed by atoms with Gasteiger partial charge in [-0.3, -0.25) is 14.4 Å². The molecule has 2 aromatic rings. The van der Waals surface area contributed by atoms with Crippen molar-refractivity contribution < 1.29 is 19.1 Å². The minimum absolute atomic E-state index is 0.0909. The summed E-state index contributed by atoms with van der Waals surface area (Å²) < 4.78 is 5.30. The number of rotatable bonds is 6. The molecule has 2 aliphatic carbocycles. The van der Waals surface area contributed by atoms with Crippen LogP contribution in [0.3, 0.4) is 0 Å². The third-order valence-electron chi connectivity index (χ3n) is 8.53. The molecule has 3 unspecified atom stereocenters. The maximum atomic E-state index is 13.8. The van der Waals surface area contributed by atoms with Crippen LogP contribution in [0.4, 0.5) is 0 Å². The smallest absolute Gasteiger partial charge is 0.271 e. The van der Waals surface area contributed by atoms with Crippen molar-refractivity contribution in [1.82, 2.24) is 15.2 Å². The van der Waals surface area contributed by atoms with Gasteiger partial charge in [0, 0.05) is 30.3 Å². The second-order valence-electron chi connectivity index (χ2n) is 11.0. The van der Waals surface area contributed by atoms with Gasteiger partial charge in [0.25, 0.3) is 5.91 Å². The highest BCUT2D eigenvalue weighted by molar-refractivity contribution is 6.35. The molecule has 2 amide bonds. The van der Waals surface area contributed by atoms with E-state index in [1.807, 2.05) is 6.07 Å². The van der Waals surface area contributed by atoms with Crippen molar-refractivity contribution in [3.8, 4) is 11.8 Å². The lowest BCUT2D eigenvalue weighted by Gasteiger charge is -2.32. The Labute approximate surface area is 221 Å². The summed E-state index contributed by atoms with van der Waals surface area (Å²) in [7, 11) is 1.56. The topological polar surface area (TPSA) is 115 Å². The first-order valence-electron chi connectivity index (χ1n) is 13.2. The second-order valence-corrected chi connectivity index (χ2v) is 11.4. The van der Waals surface area contributed by atoms with Crippen molar-refractivity contribution in [1.29, 1.82) is 5.26 Å². The zero-order chi connectivity index (χ0) is 26.2. The molecule has 8 nitrogen and oxygen atoms in total. The number of nitriles is 1. The molecule has 1 aromatic carbocycles. The molecule has 9 heteroatoms. The average molecular weight is 525 g/mol. The zero-order valence-electron chi connectivity index (χ0n) is 21.1. The van der Waals surface area contributed by atoms with E-state index in [2.05, 4.69) is 16.4 Å². The van der Waals surface area contributed by atoms with Crippen LogP contribution in [0.15, 0.2) is 18.2 Å². The molecule has 37 heavy (non-hydrogen) atoms. The summed E-state index contributed by atoms with van der Waals surface area (Å²) in [5, 5.41) is 13.8. The lowest BCUT2D eigenvalue weighted by Crippen LogP contribution is -2.49. The number of H-pyrrole nitrogens is 1. The lowest BCUT2D eigenvalue weighted by molar-refractivity contribution is -0.126. The lowest BCUT2D eigenvalue weighted by atomic mass is 9.72. The van der Waals surface area contributed by atoms with E-state index in [-0.39, 0.29) is 28.9 Å². The number of halogens is 1. The molecule has 1 saturated heterocycles. The number of fused-ring (bicyclic) bond motifs is 1. The number of ketones is 1. The van der Waals surface area contributed by atoms with Crippen LogP contribution >= 0.6 is 11.6 Å². The number of hydrogen-bond acceptors (Lipinski definition) is 5. The summed E-state index contributed by atoms with van der Waals surface area (Å²) >= 11 is 6.41. The summed E-state index contributed by atoms with van der Waals surface area (Å²) in [4.78, 5) is 44.3. The quantitative estimate of drug-likeness (QED) is 0.565. The van der Waals surface area contributed by atoms with Crippen LogP contribution in [0, 0.1) is 22.7 Å². The molecule has 196 valence electrons. The van der Waals surface area contributed by atoms with E-state index in [0.29, 0.717) is 47.8 Å². The number of nitrogens with zero attached hydrogens (tertiary/aromatic N) is 2. The standard InChI is InChI=1S/C28H33ClN4O4/c1-37-20-11-18-12-22(32-25(18)21(29)13-20)27(36)33-16-28(8-3-2-4-9-28)14-23(33)26(35)31-19(15-30)10-17-6-5-7-24(17)34/h11-13,17,19,23,32H,2-10,14,16H2,1H3,(H,31,35). The number of aromatic amines is 1. The van der Waals surface area contributed by atoms with E-state index in [9.17, 15) is 19.6 Å². The monoisotopic (exact) mass is 524 g/mol. The predicted molar refractivity (Wildman–Crippen MR) is 139 cm³/mol. The number of ether oxygens (including phenoxy) is 1. The molecule has 2 heterocycles. The average Bonchev–Trinajstić information content (AvgIpc) is 3.61. The van der Waals surface area contributed by atoms with Gasteiger partial charge >= 0.3 is 0 Å². The molecule has 3 fully saturated rings. The molecule has 1 aliphatic heterocycles. The van der Waals surface area contributed by atoms with Crippen LogP contribution in [0.1, 0.15) is 74.7 Å². The number of hydrogen-bond donors (Lipinski definition) is 2. The molecule has 0 bridgehead atoms. The van der Waals surface area contributed by atoms with Crippen LogP contribution in [0.2, 0.25) is 5.02 Å². The number of carbonyl (C=O) groups is 3. The summed E-state index contributed by atoms with van der Waals surface area (Å²) in [6.07, 6.45) is 8.36. The Kier molecular flexibility index (Phi) is 7.17. The Morgan fingerprint density at radius 3 is 2.73 bits per heavy atom. The fourth-order valence-corrected chi connectivity index (χ4v) is 6.83. The summed E-state index contributed by atoms with van der Waals surface area (Å²) in [5.74, 6) is 0.0155. The first-order valence-corrected chi connectivity index (χ1v) is 13.6. The van der Waals surface area contributed by atoms with Gasteiger partial charge in [0.2, 0.25) is 5.91 Å². The first-order chi connectivity index (χ1) is 17.8. The van der Waals surface area contributed by atoms with Crippen molar-refractivity contribution >= 4 is 40.1 Å². The van der Waals surface area contributed by atoms with Gasteiger partial charge in [0.15, 0.2) is 0 Å². The third-order valence-corrected chi connectivity index (χ3v) is 8.83. The Morgan fingerprint density at radius 2 is 2.05 bits per heavy atom. The van der Waals surface area contributed by atoms with Crippen LogP contribution in [-0.4, -0.2) is 53.2 Å². The second kappa shape index (κ2) is 10.4. The minimum Gasteiger partial charge on any atom is -0.497 e. The number of carbonyl (C=O) groups excluding carboxylic acids is 3. The molecule has 1 spiro atoms. The molecule has 1 aromatic heterocycles. The van der Waals surface area contributed by atoms with Crippen LogP contribution in [0.5, 0.6) is 5.75 Å². The van der Waals surface area contributed by atoms with Gasteiger partial charge < -0.3 is 19.9 Å². The van der Waals surface area contributed by atoms with Gasteiger partial charge in [-0.2, -0.15) is 5.26 Å². The minimum atomic E-state index is -0.751. The number of nitrogens with one attached hydrogen (secondary N) is 2. The molecular formula is C28H33ClN4O4. The maximum Gasteiger partial charge on any atom is 0.271 e. The van der Waals surface area contributed by atoms with E-state index < -0.39 is 12.1 Å². The molecule has 5 rings (SSSR count). The Morgan fingerprint density at radius 1 is 1.27 bits per heavy atom. The summed E-state index contributed by atoms with van der Waals surface area (Å²) in [6.45, 7) is 0.509. The van der Waals surface area contributed by atoms with Crippen molar-refractivity contribution in [2.75, 3.05) is 13.7 Å². The highest BCUT2D eigenvalue weighted by atomic mass is 35.5.